The smallest absolute Gasteiger partial charge is 0.301 e. The van der Waals surface area contributed by atoms with Gasteiger partial charge in [-0.3, -0.25) is 10.1 Å². The largest absolute Gasteiger partial charge is 0.432 e. The summed E-state index contributed by atoms with van der Waals surface area (Å²) < 4.78 is 18.5. The third-order valence-corrected chi connectivity index (χ3v) is 2.70. The first-order chi connectivity index (χ1) is 8.06. The number of nitrogens with one attached hydrogen (secondary N) is 1. The van der Waals surface area contributed by atoms with Gasteiger partial charge in [-0.2, -0.15) is 4.98 Å². The molecule has 1 heterocycles. The molecule has 0 bridgehead atoms. The Morgan fingerprint density at radius 3 is 2.94 bits per heavy atom. The van der Waals surface area contributed by atoms with Crippen LogP contribution in [-0.4, -0.2) is 10.9 Å². The number of aromatic nitrogens is 1. The van der Waals surface area contributed by atoms with Crippen molar-refractivity contribution in [1.29, 1.82) is 0 Å². The van der Waals surface area contributed by atoms with Crippen LogP contribution in [0, 0.1) is 12.7 Å². The van der Waals surface area contributed by atoms with Crippen LogP contribution in [0.25, 0.3) is 0 Å². The molecule has 0 radical (unpaired) electrons. The Labute approximate surface area is 105 Å². The zero-order chi connectivity index (χ0) is 12.4. The van der Waals surface area contributed by atoms with Crippen molar-refractivity contribution in [1.82, 2.24) is 4.98 Å². The topological polar surface area (TPSA) is 55.1 Å². The van der Waals surface area contributed by atoms with Crippen molar-refractivity contribution in [3.05, 3.63) is 46.0 Å². The SMILES string of the molecule is Cc1coc(NC(=O)c2cc(F)ccc2Br)n1. The van der Waals surface area contributed by atoms with Crippen LogP contribution in [-0.2, 0) is 0 Å². The molecule has 2 aromatic rings. The third-order valence-electron chi connectivity index (χ3n) is 2.01. The highest BCUT2D eigenvalue weighted by Crippen LogP contribution is 2.19. The number of oxazole rings is 1. The molecule has 1 aromatic carbocycles. The Morgan fingerprint density at radius 2 is 2.29 bits per heavy atom. The van der Waals surface area contributed by atoms with Gasteiger partial charge in [-0.1, -0.05) is 0 Å². The summed E-state index contributed by atoms with van der Waals surface area (Å²) in [6.07, 6.45) is 1.41. The summed E-state index contributed by atoms with van der Waals surface area (Å²) in [5.41, 5.74) is 0.833. The molecule has 0 aliphatic heterocycles. The molecule has 1 amide bonds. The molecule has 4 nitrogen and oxygen atoms in total. The van der Waals surface area contributed by atoms with Crippen molar-refractivity contribution in [2.75, 3.05) is 5.32 Å². The highest BCUT2D eigenvalue weighted by atomic mass is 79.9. The lowest BCUT2D eigenvalue weighted by Crippen LogP contribution is -2.13. The molecule has 6 heteroatoms. The fraction of sp³-hybridized carbons (Fsp3) is 0.0909. The van der Waals surface area contributed by atoms with Crippen LogP contribution in [0.2, 0.25) is 0 Å². The van der Waals surface area contributed by atoms with E-state index in [0.29, 0.717) is 10.2 Å². The van der Waals surface area contributed by atoms with Crippen LogP contribution < -0.4 is 5.32 Å². The van der Waals surface area contributed by atoms with Crippen LogP contribution in [0.5, 0.6) is 0 Å². The molecular formula is C11H8BrFN2O2. The number of halogens is 2. The monoisotopic (exact) mass is 298 g/mol. The standard InChI is InChI=1S/C11H8BrFN2O2/c1-6-5-17-11(14-6)15-10(16)8-4-7(13)2-3-9(8)12/h2-5H,1H3,(H,14,15,16). The van der Waals surface area contributed by atoms with Gasteiger partial charge in [0.1, 0.15) is 12.1 Å². The maximum Gasteiger partial charge on any atom is 0.301 e. The van der Waals surface area contributed by atoms with Gasteiger partial charge in [0.15, 0.2) is 0 Å². The van der Waals surface area contributed by atoms with E-state index in [4.69, 9.17) is 4.42 Å². The van der Waals surface area contributed by atoms with E-state index in [0.717, 1.165) is 6.07 Å². The van der Waals surface area contributed by atoms with Crippen molar-refractivity contribution in [2.45, 2.75) is 6.92 Å². The average Bonchev–Trinajstić information content (AvgIpc) is 2.67. The Kier molecular flexibility index (Phi) is 3.23. The second kappa shape index (κ2) is 4.67. The van der Waals surface area contributed by atoms with E-state index in [9.17, 15) is 9.18 Å². The molecule has 0 aliphatic rings. The first kappa shape index (κ1) is 11.8. The van der Waals surface area contributed by atoms with E-state index in [2.05, 4.69) is 26.2 Å². The lowest BCUT2D eigenvalue weighted by molar-refractivity contribution is 0.102. The number of hydrogen-bond acceptors (Lipinski definition) is 3. The number of carbonyl (C=O) groups is 1. The van der Waals surface area contributed by atoms with Gasteiger partial charge in [-0.05, 0) is 41.1 Å². The van der Waals surface area contributed by atoms with Crippen molar-refractivity contribution >= 4 is 27.9 Å². The van der Waals surface area contributed by atoms with E-state index in [-0.39, 0.29) is 11.6 Å². The molecule has 0 saturated heterocycles. The molecule has 0 spiro atoms. The highest BCUT2D eigenvalue weighted by molar-refractivity contribution is 9.10. The van der Waals surface area contributed by atoms with Gasteiger partial charge in [-0.15, -0.1) is 0 Å². The van der Waals surface area contributed by atoms with Crippen molar-refractivity contribution in [2.24, 2.45) is 0 Å². The van der Waals surface area contributed by atoms with E-state index < -0.39 is 11.7 Å². The van der Waals surface area contributed by atoms with Crippen LogP contribution in [0.1, 0.15) is 16.1 Å². The van der Waals surface area contributed by atoms with Crippen LogP contribution >= 0.6 is 15.9 Å². The number of hydrogen-bond donors (Lipinski definition) is 1. The van der Waals surface area contributed by atoms with E-state index >= 15 is 0 Å². The summed E-state index contributed by atoms with van der Waals surface area (Å²) in [6.45, 7) is 1.73. The van der Waals surface area contributed by atoms with Gasteiger partial charge in [0, 0.05) is 4.47 Å². The average molecular weight is 299 g/mol. The van der Waals surface area contributed by atoms with Crippen LogP contribution in [0.15, 0.2) is 33.4 Å². The molecule has 0 saturated carbocycles. The normalized spacial score (nSPS) is 10.3. The van der Waals surface area contributed by atoms with Crippen molar-refractivity contribution < 1.29 is 13.6 Å². The highest BCUT2D eigenvalue weighted by Gasteiger charge is 2.13. The molecule has 1 N–H and O–H groups in total. The zero-order valence-corrected chi connectivity index (χ0v) is 10.4. The maximum absolute atomic E-state index is 13.0. The second-order valence-corrected chi connectivity index (χ2v) is 4.23. The Balaban J connectivity index is 2.22. The lowest BCUT2D eigenvalue weighted by Gasteiger charge is -2.03. The Hall–Kier alpha value is -1.69. The van der Waals surface area contributed by atoms with Gasteiger partial charge in [0.25, 0.3) is 5.91 Å². The number of aryl methyl sites for hydroxylation is 1. The van der Waals surface area contributed by atoms with E-state index in [1.165, 1.54) is 18.4 Å². The third kappa shape index (κ3) is 2.71. The Bertz CT molecular complexity index is 568. The fourth-order valence-corrected chi connectivity index (χ4v) is 1.67. The molecule has 88 valence electrons. The van der Waals surface area contributed by atoms with Crippen LogP contribution in [0.4, 0.5) is 10.4 Å². The minimum absolute atomic E-state index is 0.0867. The molecular weight excluding hydrogens is 291 g/mol. The minimum Gasteiger partial charge on any atom is -0.432 e. The molecule has 2 rings (SSSR count). The molecule has 17 heavy (non-hydrogen) atoms. The fourth-order valence-electron chi connectivity index (χ4n) is 1.25. The zero-order valence-electron chi connectivity index (χ0n) is 8.83. The van der Waals surface area contributed by atoms with E-state index in [1.807, 2.05) is 0 Å². The predicted molar refractivity (Wildman–Crippen MR) is 63.3 cm³/mol. The summed E-state index contributed by atoms with van der Waals surface area (Å²) in [5.74, 6) is -0.972. The summed E-state index contributed by atoms with van der Waals surface area (Å²) in [4.78, 5) is 15.7. The van der Waals surface area contributed by atoms with Crippen molar-refractivity contribution in [3.8, 4) is 0 Å². The van der Waals surface area contributed by atoms with Gasteiger partial charge in [0.2, 0.25) is 0 Å². The summed E-state index contributed by atoms with van der Waals surface area (Å²) in [6, 6.07) is 3.94. The quantitative estimate of drug-likeness (QED) is 0.927. The molecule has 1 aromatic heterocycles. The molecule has 0 aliphatic carbocycles. The molecule has 0 atom stereocenters. The lowest BCUT2D eigenvalue weighted by atomic mass is 10.2. The number of benzene rings is 1. The van der Waals surface area contributed by atoms with Gasteiger partial charge in [0.05, 0.1) is 11.3 Å². The number of nitrogens with zero attached hydrogens (tertiary/aromatic N) is 1. The summed E-state index contributed by atoms with van der Waals surface area (Å²) in [5, 5.41) is 2.43. The first-order valence-electron chi connectivity index (χ1n) is 4.75. The number of carbonyl (C=O) groups excluding carboxylic acids is 1. The maximum atomic E-state index is 13.0. The predicted octanol–water partition coefficient (Wildman–Crippen LogP) is 3.14. The molecule has 0 unspecified atom stereocenters. The Morgan fingerprint density at radius 1 is 1.53 bits per heavy atom. The number of rotatable bonds is 2. The first-order valence-corrected chi connectivity index (χ1v) is 5.54. The summed E-state index contributed by atoms with van der Waals surface area (Å²) in [7, 11) is 0. The van der Waals surface area contributed by atoms with Crippen molar-refractivity contribution in [3.63, 3.8) is 0 Å². The number of anilines is 1. The second-order valence-electron chi connectivity index (χ2n) is 3.37. The van der Waals surface area contributed by atoms with Gasteiger partial charge < -0.3 is 4.42 Å². The number of amides is 1. The van der Waals surface area contributed by atoms with E-state index in [1.54, 1.807) is 6.92 Å². The summed E-state index contributed by atoms with van der Waals surface area (Å²) >= 11 is 3.17. The molecule has 0 fully saturated rings. The van der Waals surface area contributed by atoms with Crippen LogP contribution in [0.3, 0.4) is 0 Å². The van der Waals surface area contributed by atoms with Gasteiger partial charge >= 0.3 is 6.01 Å². The van der Waals surface area contributed by atoms with Gasteiger partial charge in [-0.25, -0.2) is 4.39 Å². The minimum atomic E-state index is -0.488.